The van der Waals surface area contributed by atoms with Gasteiger partial charge in [0.1, 0.15) is 17.5 Å². The van der Waals surface area contributed by atoms with Crippen molar-refractivity contribution in [3.8, 4) is 23.8 Å². The fourth-order valence-electron chi connectivity index (χ4n) is 6.85. The second-order valence-corrected chi connectivity index (χ2v) is 10.6. The molecule has 204 valence electrons. The lowest BCUT2D eigenvalue weighted by atomic mass is 9.70. The molecule has 0 radical (unpaired) electrons. The van der Waals surface area contributed by atoms with Gasteiger partial charge in [0.15, 0.2) is 11.2 Å². The maximum Gasteiger partial charge on any atom is 0.243 e. The van der Waals surface area contributed by atoms with Crippen LogP contribution in [0.4, 0.5) is 8.78 Å². The first-order valence-corrected chi connectivity index (χ1v) is 12.9. The van der Waals surface area contributed by atoms with E-state index in [2.05, 4.69) is 11.1 Å². The van der Waals surface area contributed by atoms with E-state index in [1.54, 1.807) is 24.3 Å². The average Bonchev–Trinajstić information content (AvgIpc) is 3.32. The van der Waals surface area contributed by atoms with Crippen LogP contribution in [0.2, 0.25) is 0 Å². The number of hydrogen-bond donors (Lipinski definition) is 2. The average molecular weight is 545 g/mol. The third-order valence-corrected chi connectivity index (χ3v) is 8.59. The Morgan fingerprint density at radius 2 is 1.82 bits per heavy atom. The van der Waals surface area contributed by atoms with Crippen LogP contribution < -0.4 is 9.47 Å². The number of hydrogen-bond acceptors (Lipinski definition) is 8. The number of ether oxygens (including phenoxy) is 2. The van der Waals surface area contributed by atoms with Crippen LogP contribution in [-0.2, 0) is 11.2 Å². The Kier molecular flexibility index (Phi) is 6.23. The van der Waals surface area contributed by atoms with Gasteiger partial charge in [-0.25, -0.2) is 13.8 Å². The summed E-state index contributed by atoms with van der Waals surface area (Å²) in [5, 5.41) is 43.9. The summed E-state index contributed by atoms with van der Waals surface area (Å²) in [5.41, 5.74) is -1.96. The number of aliphatic hydroxyl groups excluding tert-OH is 1. The van der Waals surface area contributed by atoms with Gasteiger partial charge < -0.3 is 24.6 Å². The summed E-state index contributed by atoms with van der Waals surface area (Å²) in [6.07, 6.45) is -3.87. The number of benzene rings is 2. The molecule has 0 spiro atoms. The molecule has 8 nitrogen and oxygen atoms in total. The molecule has 2 aromatic carbocycles. The van der Waals surface area contributed by atoms with Crippen molar-refractivity contribution in [1.82, 2.24) is 9.88 Å². The minimum Gasteiger partial charge on any atom is -0.481 e. The van der Waals surface area contributed by atoms with Crippen LogP contribution in [0.25, 0.3) is 0 Å². The van der Waals surface area contributed by atoms with Crippen molar-refractivity contribution >= 4 is 0 Å². The molecule has 1 saturated carbocycles. The highest BCUT2D eigenvalue weighted by Crippen LogP contribution is 2.69. The van der Waals surface area contributed by atoms with Crippen LogP contribution >= 0.6 is 0 Å². The van der Waals surface area contributed by atoms with E-state index in [1.165, 1.54) is 13.2 Å². The lowest BCUT2D eigenvalue weighted by Crippen LogP contribution is -2.53. The molecule has 2 aliphatic heterocycles. The fourth-order valence-corrected chi connectivity index (χ4v) is 6.85. The summed E-state index contributed by atoms with van der Waals surface area (Å²) >= 11 is 0. The number of alkyl halides is 2. The zero-order valence-electron chi connectivity index (χ0n) is 21.5. The van der Waals surface area contributed by atoms with Crippen molar-refractivity contribution in [3.05, 3.63) is 88.6 Å². The molecule has 40 heavy (non-hydrogen) atoms. The molecule has 0 bridgehead atoms. The first kappa shape index (κ1) is 26.1. The molecule has 6 rings (SSSR count). The minimum absolute atomic E-state index is 0.00933. The van der Waals surface area contributed by atoms with E-state index in [-0.39, 0.29) is 42.5 Å². The highest BCUT2D eigenvalue weighted by atomic mass is 19.3. The number of aromatic nitrogens is 1. The summed E-state index contributed by atoms with van der Waals surface area (Å²) in [4.78, 5) is 6.10. The molecule has 3 aliphatic rings. The quantitative estimate of drug-likeness (QED) is 0.485. The van der Waals surface area contributed by atoms with E-state index in [9.17, 15) is 29.5 Å². The first-order chi connectivity index (χ1) is 19.3. The van der Waals surface area contributed by atoms with Gasteiger partial charge in [0.25, 0.3) is 0 Å². The molecule has 10 heteroatoms. The molecular weight excluding hydrogens is 518 g/mol. The zero-order valence-corrected chi connectivity index (χ0v) is 21.5. The molecule has 5 atom stereocenters. The van der Waals surface area contributed by atoms with Gasteiger partial charge in [0, 0.05) is 43.5 Å². The topological polar surface area (TPSA) is 123 Å². The van der Waals surface area contributed by atoms with Crippen LogP contribution in [0.15, 0.2) is 60.7 Å². The Hall–Kier alpha value is -4.09. The van der Waals surface area contributed by atoms with Gasteiger partial charge in [-0.1, -0.05) is 42.5 Å². The second kappa shape index (κ2) is 9.53. The molecule has 2 fully saturated rings. The van der Waals surface area contributed by atoms with E-state index < -0.39 is 41.5 Å². The zero-order chi connectivity index (χ0) is 28.2. The summed E-state index contributed by atoms with van der Waals surface area (Å²) in [7, 11) is 1.35. The monoisotopic (exact) mass is 544 g/mol. The van der Waals surface area contributed by atoms with Crippen molar-refractivity contribution in [1.29, 1.82) is 10.5 Å². The lowest BCUT2D eigenvalue weighted by molar-refractivity contribution is -0.153. The molecule has 3 aromatic rings. The number of halogens is 2. The number of nitriles is 2. The Balaban J connectivity index is 1.59. The Morgan fingerprint density at radius 1 is 1.12 bits per heavy atom. The molecule has 1 aromatic heterocycles. The van der Waals surface area contributed by atoms with E-state index in [1.807, 2.05) is 41.3 Å². The van der Waals surface area contributed by atoms with Crippen molar-refractivity contribution in [3.63, 3.8) is 0 Å². The predicted molar refractivity (Wildman–Crippen MR) is 137 cm³/mol. The standard InChI is InChI=1S/C30H26F2N4O4/c1-39-28-25-23(11-21(13-34)35-28)40-30(20-9-7-17(12-33)8-10-20)24(18-5-3-2-4-6-18)22(26(37)29(25,30)38)16-36-14-19(15-36)27(31)32/h2-11,19,22,24,26-27,37-38H,14-16H2,1H3/t22-,24-,26-,29+,30+/m1/s1. The van der Waals surface area contributed by atoms with Gasteiger partial charge in [-0.05, 0) is 23.3 Å². The van der Waals surface area contributed by atoms with E-state index in [0.29, 0.717) is 11.1 Å². The fraction of sp³-hybridized carbons (Fsp3) is 0.367. The van der Waals surface area contributed by atoms with E-state index in [4.69, 9.17) is 9.47 Å². The van der Waals surface area contributed by atoms with Crippen molar-refractivity contribution in [2.24, 2.45) is 11.8 Å². The van der Waals surface area contributed by atoms with E-state index >= 15 is 0 Å². The largest absolute Gasteiger partial charge is 0.481 e. The van der Waals surface area contributed by atoms with Crippen LogP contribution in [0, 0.1) is 34.5 Å². The van der Waals surface area contributed by atoms with Crippen LogP contribution in [-0.4, -0.2) is 59.4 Å². The van der Waals surface area contributed by atoms with Gasteiger partial charge in [0.05, 0.1) is 30.4 Å². The number of nitrogens with zero attached hydrogens (tertiary/aromatic N) is 4. The van der Waals surface area contributed by atoms with Crippen LogP contribution in [0.1, 0.15) is 33.9 Å². The molecule has 1 aliphatic carbocycles. The SMILES string of the molecule is COc1nc(C#N)cc2c1[C@]1(O)[C@H](O)[C@H](CN3CC(C(F)F)C3)[C@@H](c3ccccc3)[C@]1(c1ccc(C#N)cc1)O2. The highest BCUT2D eigenvalue weighted by Gasteiger charge is 2.77. The third kappa shape index (κ3) is 3.54. The number of likely N-dealkylation sites (tertiary alicyclic amines) is 1. The molecular formula is C30H26F2N4O4. The van der Waals surface area contributed by atoms with Crippen LogP contribution in [0.5, 0.6) is 11.6 Å². The number of rotatable bonds is 6. The molecule has 2 N–H and O–H groups in total. The lowest BCUT2D eigenvalue weighted by Gasteiger charge is -2.43. The molecule has 3 heterocycles. The Labute approximate surface area is 229 Å². The third-order valence-electron chi connectivity index (χ3n) is 8.59. The van der Waals surface area contributed by atoms with Gasteiger partial charge in [-0.3, -0.25) is 0 Å². The summed E-state index contributed by atoms with van der Waals surface area (Å²) in [5.74, 6) is -1.98. The summed E-state index contributed by atoms with van der Waals surface area (Å²) in [6.45, 7) is 0.589. The van der Waals surface area contributed by atoms with Crippen molar-refractivity contribution in [2.45, 2.75) is 29.6 Å². The highest BCUT2D eigenvalue weighted by molar-refractivity contribution is 5.60. The smallest absolute Gasteiger partial charge is 0.243 e. The first-order valence-electron chi connectivity index (χ1n) is 12.9. The van der Waals surface area contributed by atoms with Crippen LogP contribution in [0.3, 0.4) is 0 Å². The molecule has 1 saturated heterocycles. The number of methoxy groups -OCH3 is 1. The van der Waals surface area contributed by atoms with Gasteiger partial charge in [0.2, 0.25) is 12.3 Å². The van der Waals surface area contributed by atoms with Crippen molar-refractivity contribution in [2.75, 3.05) is 26.7 Å². The minimum atomic E-state index is -2.43. The second-order valence-electron chi connectivity index (χ2n) is 10.6. The maximum atomic E-state index is 13.3. The van der Waals surface area contributed by atoms with Gasteiger partial charge >= 0.3 is 0 Å². The summed E-state index contributed by atoms with van der Waals surface area (Å²) in [6, 6.07) is 21.4. The summed E-state index contributed by atoms with van der Waals surface area (Å²) < 4.78 is 38.8. The van der Waals surface area contributed by atoms with Gasteiger partial charge in [-0.2, -0.15) is 10.5 Å². The number of pyridine rings is 1. The van der Waals surface area contributed by atoms with Gasteiger partial charge in [-0.15, -0.1) is 0 Å². The number of fused-ring (bicyclic) bond motifs is 3. The number of aliphatic hydroxyl groups is 2. The van der Waals surface area contributed by atoms with E-state index in [0.717, 1.165) is 5.56 Å². The van der Waals surface area contributed by atoms with Crippen molar-refractivity contribution < 1.29 is 28.5 Å². The Morgan fingerprint density at radius 3 is 2.42 bits per heavy atom. The molecule has 0 unspecified atom stereocenters. The normalized spacial score (nSPS) is 29.1. The Bertz CT molecular complexity index is 1520. The predicted octanol–water partition coefficient (Wildman–Crippen LogP) is 3.28. The maximum absolute atomic E-state index is 13.3. The molecule has 0 amide bonds.